The van der Waals surface area contributed by atoms with Crippen LogP contribution in [0.1, 0.15) is 59.3 Å². The lowest BCUT2D eigenvalue weighted by Gasteiger charge is -2.39. The van der Waals surface area contributed by atoms with Crippen LogP contribution in [0.2, 0.25) is 0 Å². The summed E-state index contributed by atoms with van der Waals surface area (Å²) in [7, 11) is 0. The minimum absolute atomic E-state index is 0.0381. The van der Waals surface area contributed by atoms with Crippen molar-refractivity contribution in [3.63, 3.8) is 0 Å². The normalized spacial score (nSPS) is 26.0. The third kappa shape index (κ3) is 3.80. The first-order valence-electron chi connectivity index (χ1n) is 8.67. The maximum Gasteiger partial charge on any atom is 0.237 e. The van der Waals surface area contributed by atoms with E-state index in [1.807, 2.05) is 4.90 Å². The minimum Gasteiger partial charge on any atom is -0.376 e. The number of hydrogen-bond acceptors (Lipinski definition) is 3. The molecular weight excluding hydrogens is 280 g/mol. The average molecular weight is 310 g/mol. The topological polar surface area (TPSA) is 58.6 Å². The monoisotopic (exact) mass is 310 g/mol. The van der Waals surface area contributed by atoms with Gasteiger partial charge in [-0.1, -0.05) is 6.92 Å². The van der Waals surface area contributed by atoms with Gasteiger partial charge in [-0.25, -0.2) is 0 Å². The van der Waals surface area contributed by atoms with Crippen LogP contribution >= 0.6 is 0 Å². The Hall–Kier alpha value is -1.10. The van der Waals surface area contributed by atoms with E-state index in [4.69, 9.17) is 4.74 Å². The fourth-order valence-electron chi connectivity index (χ4n) is 3.38. The molecule has 22 heavy (non-hydrogen) atoms. The van der Waals surface area contributed by atoms with Crippen LogP contribution in [-0.4, -0.2) is 48.6 Å². The van der Waals surface area contributed by atoms with E-state index in [9.17, 15) is 9.59 Å². The molecule has 2 rings (SSSR count). The Bertz CT molecular complexity index is 403. The Balaban J connectivity index is 1.94. The minimum atomic E-state index is -1.01. The van der Waals surface area contributed by atoms with E-state index in [0.717, 1.165) is 45.3 Å². The maximum absolute atomic E-state index is 12.9. The van der Waals surface area contributed by atoms with Crippen LogP contribution in [0.15, 0.2) is 0 Å². The Morgan fingerprint density at radius 3 is 2.64 bits per heavy atom. The highest BCUT2D eigenvalue weighted by atomic mass is 16.5. The number of rotatable bonds is 5. The number of nitrogens with zero attached hydrogens (tertiary/aromatic N) is 1. The van der Waals surface area contributed by atoms with E-state index >= 15 is 0 Å². The molecule has 2 heterocycles. The van der Waals surface area contributed by atoms with Gasteiger partial charge in [0.1, 0.15) is 5.41 Å². The van der Waals surface area contributed by atoms with Gasteiger partial charge in [0.15, 0.2) is 0 Å². The molecule has 5 heteroatoms. The second-order valence-corrected chi connectivity index (χ2v) is 7.03. The van der Waals surface area contributed by atoms with Crippen LogP contribution in [0.3, 0.4) is 0 Å². The highest BCUT2D eigenvalue weighted by Crippen LogP contribution is 2.27. The second kappa shape index (κ2) is 7.44. The number of nitrogens with one attached hydrogen (secondary N) is 1. The first kappa shape index (κ1) is 17.3. The van der Waals surface area contributed by atoms with E-state index in [2.05, 4.69) is 12.2 Å². The Kier molecular flexibility index (Phi) is 5.84. The number of carbonyl (C=O) groups is 2. The molecule has 0 radical (unpaired) electrons. The van der Waals surface area contributed by atoms with Crippen molar-refractivity contribution in [3.05, 3.63) is 0 Å². The van der Waals surface area contributed by atoms with Crippen LogP contribution in [0.4, 0.5) is 0 Å². The molecule has 2 aliphatic heterocycles. The molecule has 5 nitrogen and oxygen atoms in total. The highest BCUT2D eigenvalue weighted by molar-refractivity contribution is 6.04. The molecule has 2 amide bonds. The Morgan fingerprint density at radius 2 is 2.00 bits per heavy atom. The van der Waals surface area contributed by atoms with Crippen LogP contribution in [0, 0.1) is 5.41 Å². The molecule has 0 aromatic rings. The van der Waals surface area contributed by atoms with Gasteiger partial charge in [0, 0.05) is 25.7 Å². The zero-order valence-corrected chi connectivity index (χ0v) is 14.2. The second-order valence-electron chi connectivity index (χ2n) is 7.03. The molecule has 2 fully saturated rings. The fraction of sp³-hybridized carbons (Fsp3) is 0.882. The summed E-state index contributed by atoms with van der Waals surface area (Å²) in [6, 6.07) is 0.284. The van der Waals surface area contributed by atoms with Gasteiger partial charge >= 0.3 is 0 Å². The lowest BCUT2D eigenvalue weighted by Crippen LogP contribution is -2.54. The summed E-state index contributed by atoms with van der Waals surface area (Å²) in [4.78, 5) is 27.3. The van der Waals surface area contributed by atoms with E-state index in [1.54, 1.807) is 13.8 Å². The van der Waals surface area contributed by atoms with E-state index in [0.29, 0.717) is 6.54 Å². The summed E-state index contributed by atoms with van der Waals surface area (Å²) in [5, 5.41) is 2.91. The van der Waals surface area contributed by atoms with Gasteiger partial charge in [0.25, 0.3) is 0 Å². The van der Waals surface area contributed by atoms with Crippen LogP contribution in [0.5, 0.6) is 0 Å². The van der Waals surface area contributed by atoms with Gasteiger partial charge < -0.3 is 15.0 Å². The first-order chi connectivity index (χ1) is 10.5. The number of hydrogen-bond donors (Lipinski definition) is 1. The maximum atomic E-state index is 12.9. The quantitative estimate of drug-likeness (QED) is 0.791. The molecule has 2 saturated heterocycles. The number of likely N-dealkylation sites (tertiary alicyclic amines) is 1. The first-order valence-corrected chi connectivity index (χ1v) is 8.67. The Labute approximate surface area is 133 Å². The SMILES string of the molecule is CCC1CCCCN1C(=O)C(C)(C)C(=O)NCC1CCCO1. The van der Waals surface area contributed by atoms with Crippen molar-refractivity contribution in [2.75, 3.05) is 19.7 Å². The number of amides is 2. The van der Waals surface area contributed by atoms with Crippen molar-refractivity contribution >= 4 is 11.8 Å². The number of piperidine rings is 1. The van der Waals surface area contributed by atoms with Crippen molar-refractivity contribution in [2.45, 2.75) is 71.4 Å². The summed E-state index contributed by atoms with van der Waals surface area (Å²) in [6.07, 6.45) is 6.36. The lowest BCUT2D eigenvalue weighted by atomic mass is 9.87. The summed E-state index contributed by atoms with van der Waals surface area (Å²) < 4.78 is 5.52. The predicted molar refractivity (Wildman–Crippen MR) is 85.4 cm³/mol. The largest absolute Gasteiger partial charge is 0.376 e. The van der Waals surface area contributed by atoms with Gasteiger partial charge in [0.05, 0.1) is 6.10 Å². The highest BCUT2D eigenvalue weighted by Gasteiger charge is 2.41. The average Bonchev–Trinajstić information content (AvgIpc) is 3.05. The van der Waals surface area contributed by atoms with Crippen LogP contribution < -0.4 is 5.32 Å². The lowest BCUT2D eigenvalue weighted by molar-refractivity contribution is -0.151. The molecule has 0 aromatic carbocycles. The fourth-order valence-corrected chi connectivity index (χ4v) is 3.38. The predicted octanol–water partition coefficient (Wildman–Crippen LogP) is 2.10. The summed E-state index contributed by atoms with van der Waals surface area (Å²) >= 11 is 0. The molecule has 2 atom stereocenters. The molecule has 2 unspecified atom stereocenters. The van der Waals surface area contributed by atoms with E-state index < -0.39 is 5.41 Å². The number of ether oxygens (including phenoxy) is 1. The molecule has 2 aliphatic rings. The van der Waals surface area contributed by atoms with E-state index in [1.165, 1.54) is 6.42 Å². The third-order valence-electron chi connectivity index (χ3n) is 4.98. The van der Waals surface area contributed by atoms with Crippen molar-refractivity contribution in [1.82, 2.24) is 10.2 Å². The molecule has 0 aromatic heterocycles. The van der Waals surface area contributed by atoms with Gasteiger partial charge in [0.2, 0.25) is 11.8 Å². The van der Waals surface area contributed by atoms with Crippen molar-refractivity contribution in [1.29, 1.82) is 0 Å². The van der Waals surface area contributed by atoms with Gasteiger partial charge in [-0.05, 0) is 52.4 Å². The number of carbonyl (C=O) groups excluding carboxylic acids is 2. The summed E-state index contributed by atoms with van der Waals surface area (Å²) in [6.45, 7) is 7.64. The van der Waals surface area contributed by atoms with Gasteiger partial charge in [-0.3, -0.25) is 9.59 Å². The zero-order chi connectivity index (χ0) is 16.2. The molecule has 0 spiro atoms. The summed E-state index contributed by atoms with van der Waals surface area (Å²) in [5.41, 5.74) is -1.01. The molecule has 0 aliphatic carbocycles. The molecule has 1 N–H and O–H groups in total. The Morgan fingerprint density at radius 1 is 1.23 bits per heavy atom. The van der Waals surface area contributed by atoms with Crippen LogP contribution in [0.25, 0.3) is 0 Å². The molecular formula is C17H30N2O3. The van der Waals surface area contributed by atoms with Crippen LogP contribution in [-0.2, 0) is 14.3 Å². The van der Waals surface area contributed by atoms with Gasteiger partial charge in [-0.2, -0.15) is 0 Å². The van der Waals surface area contributed by atoms with E-state index in [-0.39, 0.29) is 24.0 Å². The van der Waals surface area contributed by atoms with Gasteiger partial charge in [-0.15, -0.1) is 0 Å². The molecule has 0 saturated carbocycles. The molecule has 0 bridgehead atoms. The smallest absolute Gasteiger partial charge is 0.237 e. The van der Waals surface area contributed by atoms with Crippen molar-refractivity contribution in [2.24, 2.45) is 5.41 Å². The van der Waals surface area contributed by atoms with Crippen molar-refractivity contribution < 1.29 is 14.3 Å². The third-order valence-corrected chi connectivity index (χ3v) is 4.98. The molecule has 126 valence electrons. The summed E-state index contributed by atoms with van der Waals surface area (Å²) in [5.74, 6) is -0.225. The van der Waals surface area contributed by atoms with Crippen molar-refractivity contribution in [3.8, 4) is 0 Å². The zero-order valence-electron chi connectivity index (χ0n) is 14.2. The standard InChI is InChI=1S/C17H30N2O3/c1-4-13-8-5-6-10-19(13)16(21)17(2,3)15(20)18-12-14-9-7-11-22-14/h13-14H,4-12H2,1-3H3,(H,18,20).